The first-order chi connectivity index (χ1) is 8.06. The number of hydrogen-bond donors (Lipinski definition) is 0. The third-order valence-corrected chi connectivity index (χ3v) is 3.53. The summed E-state index contributed by atoms with van der Waals surface area (Å²) in [5, 5.41) is 1.16. The molecule has 0 unspecified atom stereocenters. The molecular weight excluding hydrogens is 372 g/mol. The molecule has 2 aromatic rings. The lowest BCUT2D eigenvalue weighted by molar-refractivity contribution is 0.756. The number of aromatic nitrogens is 1. The van der Waals surface area contributed by atoms with Crippen LogP contribution in [0.25, 0.3) is 0 Å². The van der Waals surface area contributed by atoms with E-state index in [2.05, 4.69) is 22.6 Å². The van der Waals surface area contributed by atoms with E-state index in [1.165, 1.54) is 0 Å². The molecule has 0 aliphatic carbocycles. The third kappa shape index (κ3) is 3.24. The van der Waals surface area contributed by atoms with Crippen molar-refractivity contribution in [3.63, 3.8) is 0 Å². The zero-order valence-corrected chi connectivity index (χ0v) is 12.3. The fourth-order valence-corrected chi connectivity index (χ4v) is 2.44. The van der Waals surface area contributed by atoms with Crippen molar-refractivity contribution in [2.24, 2.45) is 0 Å². The van der Waals surface area contributed by atoms with E-state index >= 15 is 0 Å². The Kier molecular flexibility index (Phi) is 4.12. The zero-order valence-electron chi connectivity index (χ0n) is 8.66. The van der Waals surface area contributed by atoms with Crippen molar-refractivity contribution >= 4 is 45.8 Å². The molecule has 2 rings (SSSR count). The average Bonchev–Trinajstić information content (AvgIpc) is 2.27. The van der Waals surface area contributed by atoms with Gasteiger partial charge < -0.3 is 4.57 Å². The number of hydrogen-bond acceptors (Lipinski definition) is 1. The minimum Gasteiger partial charge on any atom is -0.310 e. The molecule has 0 saturated heterocycles. The lowest BCUT2D eigenvalue weighted by atomic mass is 10.2. The van der Waals surface area contributed by atoms with Gasteiger partial charge in [-0.2, -0.15) is 0 Å². The summed E-state index contributed by atoms with van der Waals surface area (Å²) in [5.41, 5.74) is 0.830. The van der Waals surface area contributed by atoms with E-state index < -0.39 is 0 Å². The van der Waals surface area contributed by atoms with Crippen LogP contribution in [0.3, 0.4) is 0 Å². The summed E-state index contributed by atoms with van der Waals surface area (Å²) in [6, 6.07) is 8.60. The Hall–Kier alpha value is -0.520. The Labute approximate surface area is 122 Å². The normalized spacial score (nSPS) is 10.5. The molecule has 17 heavy (non-hydrogen) atoms. The molecule has 1 aromatic heterocycles. The maximum Gasteiger partial charge on any atom is 0.250 e. The highest BCUT2D eigenvalue weighted by atomic mass is 127. The number of halogens is 3. The molecule has 0 radical (unpaired) electrons. The molecule has 0 fully saturated rings. The van der Waals surface area contributed by atoms with Gasteiger partial charge in [0.1, 0.15) is 0 Å². The predicted molar refractivity (Wildman–Crippen MR) is 79.0 cm³/mol. The van der Waals surface area contributed by atoms with Gasteiger partial charge in [0.05, 0.1) is 6.54 Å². The molecule has 0 N–H and O–H groups in total. The van der Waals surface area contributed by atoms with Crippen LogP contribution >= 0.6 is 45.8 Å². The second-order valence-corrected chi connectivity index (χ2v) is 5.64. The van der Waals surface area contributed by atoms with E-state index in [1.54, 1.807) is 35.0 Å². The summed E-state index contributed by atoms with van der Waals surface area (Å²) < 4.78 is 2.63. The predicted octanol–water partition coefficient (Wildman–Crippen LogP) is 3.81. The molecule has 0 saturated carbocycles. The molecule has 0 atom stereocenters. The Bertz CT molecular complexity index is 610. The van der Waals surface area contributed by atoms with Gasteiger partial charge >= 0.3 is 0 Å². The van der Waals surface area contributed by atoms with Gasteiger partial charge in [0.15, 0.2) is 0 Å². The second kappa shape index (κ2) is 5.42. The molecule has 5 heteroatoms. The summed E-state index contributed by atoms with van der Waals surface area (Å²) >= 11 is 14.1. The van der Waals surface area contributed by atoms with Crippen LogP contribution in [0.1, 0.15) is 5.56 Å². The molecule has 0 spiro atoms. The van der Waals surface area contributed by atoms with Crippen molar-refractivity contribution in [2.45, 2.75) is 6.54 Å². The standard InChI is InChI=1S/C12H8Cl2INO/c13-9-2-1-8(11(14)5-9)6-16-7-10(15)3-4-12(16)17/h1-5,7H,6H2. The molecule has 0 aliphatic rings. The van der Waals surface area contributed by atoms with E-state index in [-0.39, 0.29) is 5.56 Å². The number of pyridine rings is 1. The molecule has 0 bridgehead atoms. The molecule has 2 nitrogen and oxygen atoms in total. The number of nitrogens with zero attached hydrogens (tertiary/aromatic N) is 1. The van der Waals surface area contributed by atoms with Crippen LogP contribution < -0.4 is 5.56 Å². The lowest BCUT2D eigenvalue weighted by Gasteiger charge is -2.08. The van der Waals surface area contributed by atoms with Crippen LogP contribution in [0, 0.1) is 3.57 Å². The van der Waals surface area contributed by atoms with Gasteiger partial charge in [0.25, 0.3) is 5.56 Å². The Morgan fingerprint density at radius 3 is 2.65 bits per heavy atom. The first-order valence-electron chi connectivity index (χ1n) is 4.86. The molecule has 1 heterocycles. The Balaban J connectivity index is 2.38. The van der Waals surface area contributed by atoms with Gasteiger partial charge in [0, 0.05) is 25.9 Å². The highest BCUT2D eigenvalue weighted by Gasteiger charge is 2.04. The fourth-order valence-electron chi connectivity index (χ4n) is 1.46. The average molecular weight is 380 g/mol. The molecule has 0 amide bonds. The highest BCUT2D eigenvalue weighted by Crippen LogP contribution is 2.21. The summed E-state index contributed by atoms with van der Waals surface area (Å²) in [7, 11) is 0. The Morgan fingerprint density at radius 2 is 1.94 bits per heavy atom. The number of rotatable bonds is 2. The maximum atomic E-state index is 11.6. The molecule has 0 aliphatic heterocycles. The van der Waals surface area contributed by atoms with Crippen LogP contribution in [0.5, 0.6) is 0 Å². The smallest absolute Gasteiger partial charge is 0.250 e. The summed E-state index contributed by atoms with van der Waals surface area (Å²) in [5.74, 6) is 0. The van der Waals surface area contributed by atoms with Crippen LogP contribution in [0.4, 0.5) is 0 Å². The third-order valence-electron chi connectivity index (χ3n) is 2.30. The fraction of sp³-hybridized carbons (Fsp3) is 0.0833. The van der Waals surface area contributed by atoms with Crippen molar-refractivity contribution in [3.05, 3.63) is 66.1 Å². The first kappa shape index (κ1) is 12.9. The van der Waals surface area contributed by atoms with Gasteiger partial charge in [-0.1, -0.05) is 29.3 Å². The van der Waals surface area contributed by atoms with Crippen molar-refractivity contribution in [3.8, 4) is 0 Å². The topological polar surface area (TPSA) is 22.0 Å². The van der Waals surface area contributed by atoms with E-state index in [9.17, 15) is 4.79 Å². The zero-order chi connectivity index (χ0) is 12.4. The van der Waals surface area contributed by atoms with Gasteiger partial charge in [0.2, 0.25) is 0 Å². The quantitative estimate of drug-likeness (QED) is 0.727. The van der Waals surface area contributed by atoms with Crippen molar-refractivity contribution in [1.29, 1.82) is 0 Å². The number of benzene rings is 1. The molecule has 88 valence electrons. The van der Waals surface area contributed by atoms with Crippen molar-refractivity contribution in [2.75, 3.05) is 0 Å². The highest BCUT2D eigenvalue weighted by molar-refractivity contribution is 14.1. The van der Waals surface area contributed by atoms with Crippen LogP contribution in [0.2, 0.25) is 10.0 Å². The van der Waals surface area contributed by atoms with Crippen molar-refractivity contribution < 1.29 is 0 Å². The Morgan fingerprint density at radius 1 is 1.18 bits per heavy atom. The maximum absolute atomic E-state index is 11.6. The van der Waals surface area contributed by atoms with Crippen LogP contribution in [-0.4, -0.2) is 4.57 Å². The summed E-state index contributed by atoms with van der Waals surface area (Å²) in [6.45, 7) is 0.450. The second-order valence-electron chi connectivity index (χ2n) is 3.55. The molecule has 1 aromatic carbocycles. The van der Waals surface area contributed by atoms with Crippen LogP contribution in [-0.2, 0) is 6.54 Å². The van der Waals surface area contributed by atoms with Gasteiger partial charge in [-0.15, -0.1) is 0 Å². The SMILES string of the molecule is O=c1ccc(I)cn1Cc1ccc(Cl)cc1Cl. The van der Waals surface area contributed by atoms with Gasteiger partial charge in [-0.25, -0.2) is 0 Å². The van der Waals surface area contributed by atoms with Gasteiger partial charge in [-0.3, -0.25) is 4.79 Å². The van der Waals surface area contributed by atoms with E-state index in [4.69, 9.17) is 23.2 Å². The van der Waals surface area contributed by atoms with E-state index in [0.29, 0.717) is 16.6 Å². The van der Waals surface area contributed by atoms with E-state index in [1.807, 2.05) is 6.07 Å². The largest absolute Gasteiger partial charge is 0.310 e. The summed E-state index contributed by atoms with van der Waals surface area (Å²) in [6.07, 6.45) is 1.80. The monoisotopic (exact) mass is 379 g/mol. The lowest BCUT2D eigenvalue weighted by Crippen LogP contribution is -2.19. The minimum absolute atomic E-state index is 0.0450. The summed E-state index contributed by atoms with van der Waals surface area (Å²) in [4.78, 5) is 11.6. The molecular formula is C12H8Cl2INO. The van der Waals surface area contributed by atoms with Gasteiger partial charge in [-0.05, 0) is 46.4 Å². The van der Waals surface area contributed by atoms with Crippen LogP contribution in [0.15, 0.2) is 41.3 Å². The first-order valence-corrected chi connectivity index (χ1v) is 6.69. The van der Waals surface area contributed by atoms with E-state index in [0.717, 1.165) is 9.13 Å². The minimum atomic E-state index is -0.0450. The van der Waals surface area contributed by atoms with Crippen molar-refractivity contribution in [1.82, 2.24) is 4.57 Å².